The smallest absolute Gasteiger partial charge is 0.387 e. The quantitative estimate of drug-likeness (QED) is 0.602. The van der Waals surface area contributed by atoms with Crippen LogP contribution in [0.2, 0.25) is 0 Å². The third-order valence-electron chi connectivity index (χ3n) is 3.78. The van der Waals surface area contributed by atoms with Crippen LogP contribution in [-0.4, -0.2) is 68.3 Å². The molecule has 132 valence electrons. The van der Waals surface area contributed by atoms with E-state index < -0.39 is 6.61 Å². The lowest BCUT2D eigenvalue weighted by atomic mass is 10.2. The van der Waals surface area contributed by atoms with Gasteiger partial charge < -0.3 is 14.5 Å². The molecule has 0 atom stereocenters. The molecule has 0 unspecified atom stereocenters. The second-order valence-corrected chi connectivity index (χ2v) is 5.60. The highest BCUT2D eigenvalue weighted by molar-refractivity contribution is 5.85. The summed E-state index contributed by atoms with van der Waals surface area (Å²) in [6.45, 7) is 1.68. The first kappa shape index (κ1) is 18.3. The van der Waals surface area contributed by atoms with Gasteiger partial charge in [-0.25, -0.2) is 5.43 Å². The standard InChI is InChI=1S/C16H22F2N4O2/c1-21-8-10-22(11-9-21)7-6-15(23)20-19-12-13-4-2-3-5-14(13)24-16(17)18/h2-5,12,16H,6-11H2,1H3,(H,20,23)/b19-12+. The van der Waals surface area contributed by atoms with E-state index in [2.05, 4.69) is 32.1 Å². The van der Waals surface area contributed by atoms with Gasteiger partial charge in [0.05, 0.1) is 6.21 Å². The number of halogens is 2. The van der Waals surface area contributed by atoms with Gasteiger partial charge in [0.25, 0.3) is 0 Å². The molecule has 0 aliphatic carbocycles. The lowest BCUT2D eigenvalue weighted by Crippen LogP contribution is -2.45. The number of carbonyl (C=O) groups excluding carboxylic acids is 1. The maximum Gasteiger partial charge on any atom is 0.387 e. The molecule has 1 aromatic rings. The molecule has 0 radical (unpaired) electrons. The van der Waals surface area contributed by atoms with Gasteiger partial charge in [0.1, 0.15) is 5.75 Å². The highest BCUT2D eigenvalue weighted by Crippen LogP contribution is 2.18. The van der Waals surface area contributed by atoms with Crippen LogP contribution in [0.3, 0.4) is 0 Å². The van der Waals surface area contributed by atoms with E-state index in [4.69, 9.17) is 0 Å². The first-order valence-corrected chi connectivity index (χ1v) is 7.81. The summed E-state index contributed by atoms with van der Waals surface area (Å²) in [5.74, 6) is -0.194. The van der Waals surface area contributed by atoms with Crippen molar-refractivity contribution >= 4 is 12.1 Å². The van der Waals surface area contributed by atoms with E-state index in [9.17, 15) is 13.6 Å². The largest absolute Gasteiger partial charge is 0.434 e. The van der Waals surface area contributed by atoms with Gasteiger partial charge in [-0.3, -0.25) is 4.79 Å². The summed E-state index contributed by atoms with van der Waals surface area (Å²) in [7, 11) is 2.08. The van der Waals surface area contributed by atoms with Crippen LogP contribution in [0.4, 0.5) is 8.78 Å². The number of hydrazone groups is 1. The third-order valence-corrected chi connectivity index (χ3v) is 3.78. The number of rotatable bonds is 7. The topological polar surface area (TPSA) is 57.2 Å². The van der Waals surface area contributed by atoms with Crippen molar-refractivity contribution in [2.75, 3.05) is 39.8 Å². The van der Waals surface area contributed by atoms with Gasteiger partial charge in [0, 0.05) is 44.7 Å². The van der Waals surface area contributed by atoms with Crippen molar-refractivity contribution in [2.45, 2.75) is 13.0 Å². The number of likely N-dealkylation sites (N-methyl/N-ethyl adjacent to an activating group) is 1. The van der Waals surface area contributed by atoms with Crippen LogP contribution in [0.5, 0.6) is 5.75 Å². The van der Waals surface area contributed by atoms with E-state index in [0.29, 0.717) is 18.5 Å². The number of para-hydroxylation sites is 1. The Kier molecular flexibility index (Phi) is 7.07. The number of piperazine rings is 1. The third kappa shape index (κ3) is 6.21. The molecular weight excluding hydrogens is 318 g/mol. The molecule has 24 heavy (non-hydrogen) atoms. The molecule has 6 nitrogen and oxygen atoms in total. The maximum absolute atomic E-state index is 12.3. The lowest BCUT2D eigenvalue weighted by Gasteiger charge is -2.32. The van der Waals surface area contributed by atoms with E-state index in [1.165, 1.54) is 12.3 Å². The minimum atomic E-state index is -2.90. The highest BCUT2D eigenvalue weighted by Gasteiger charge is 2.14. The van der Waals surface area contributed by atoms with Crippen molar-refractivity contribution in [1.82, 2.24) is 15.2 Å². The van der Waals surface area contributed by atoms with E-state index >= 15 is 0 Å². The normalized spacial score (nSPS) is 16.7. The van der Waals surface area contributed by atoms with Crippen molar-refractivity contribution in [1.29, 1.82) is 0 Å². The average Bonchev–Trinajstić information content (AvgIpc) is 2.55. The zero-order chi connectivity index (χ0) is 17.4. The summed E-state index contributed by atoms with van der Waals surface area (Å²) < 4.78 is 29.0. The Balaban J connectivity index is 1.76. The van der Waals surface area contributed by atoms with E-state index in [1.54, 1.807) is 18.2 Å². The summed E-state index contributed by atoms with van der Waals surface area (Å²) in [4.78, 5) is 16.3. The SMILES string of the molecule is CN1CCN(CCC(=O)N/N=C/c2ccccc2OC(F)F)CC1. The van der Waals surface area contributed by atoms with Crippen LogP contribution in [0.15, 0.2) is 29.4 Å². The molecule has 2 rings (SSSR count). The highest BCUT2D eigenvalue weighted by atomic mass is 19.3. The molecule has 1 amide bonds. The molecule has 1 heterocycles. The zero-order valence-corrected chi connectivity index (χ0v) is 13.6. The van der Waals surface area contributed by atoms with Crippen molar-refractivity contribution in [3.8, 4) is 5.75 Å². The zero-order valence-electron chi connectivity index (χ0n) is 13.6. The first-order valence-electron chi connectivity index (χ1n) is 7.81. The second kappa shape index (κ2) is 9.29. The summed E-state index contributed by atoms with van der Waals surface area (Å²) in [6.07, 6.45) is 1.64. The number of carbonyl (C=O) groups is 1. The Morgan fingerprint density at radius 1 is 1.33 bits per heavy atom. The molecule has 1 fully saturated rings. The number of nitrogens with one attached hydrogen (secondary N) is 1. The summed E-state index contributed by atoms with van der Waals surface area (Å²) >= 11 is 0. The lowest BCUT2D eigenvalue weighted by molar-refractivity contribution is -0.121. The Hall–Kier alpha value is -2.06. The van der Waals surface area contributed by atoms with Crippen molar-refractivity contribution < 1.29 is 18.3 Å². The minimum Gasteiger partial charge on any atom is -0.434 e. The number of hydrogen-bond acceptors (Lipinski definition) is 5. The van der Waals surface area contributed by atoms with Crippen LogP contribution in [0.1, 0.15) is 12.0 Å². The summed E-state index contributed by atoms with van der Waals surface area (Å²) in [5.41, 5.74) is 2.78. The predicted octanol–water partition coefficient (Wildman–Crippen LogP) is 1.38. The number of alkyl halides is 2. The Morgan fingerprint density at radius 3 is 2.75 bits per heavy atom. The molecule has 0 spiro atoms. The molecule has 0 aromatic heterocycles. The van der Waals surface area contributed by atoms with Crippen LogP contribution in [-0.2, 0) is 4.79 Å². The average molecular weight is 340 g/mol. The monoisotopic (exact) mass is 340 g/mol. The van der Waals surface area contributed by atoms with Gasteiger partial charge in [-0.05, 0) is 19.2 Å². The van der Waals surface area contributed by atoms with Gasteiger partial charge in [-0.2, -0.15) is 13.9 Å². The van der Waals surface area contributed by atoms with Gasteiger partial charge in [0.15, 0.2) is 0 Å². The number of benzene rings is 1. The predicted molar refractivity (Wildman–Crippen MR) is 87.4 cm³/mol. The Labute approximate surface area is 140 Å². The van der Waals surface area contributed by atoms with Crippen LogP contribution < -0.4 is 10.2 Å². The van der Waals surface area contributed by atoms with Crippen molar-refractivity contribution in [2.24, 2.45) is 5.10 Å². The minimum absolute atomic E-state index is 0.0166. The molecule has 8 heteroatoms. The Morgan fingerprint density at radius 2 is 2.04 bits per heavy atom. The van der Waals surface area contributed by atoms with Crippen LogP contribution in [0, 0.1) is 0 Å². The number of nitrogens with zero attached hydrogens (tertiary/aromatic N) is 3. The fourth-order valence-corrected chi connectivity index (χ4v) is 2.35. The molecule has 0 bridgehead atoms. The van der Waals surface area contributed by atoms with Gasteiger partial charge in [0.2, 0.25) is 5.91 Å². The fraction of sp³-hybridized carbons (Fsp3) is 0.500. The molecule has 1 N–H and O–H groups in total. The van der Waals surface area contributed by atoms with Gasteiger partial charge >= 0.3 is 6.61 Å². The number of ether oxygens (including phenoxy) is 1. The van der Waals surface area contributed by atoms with Crippen LogP contribution >= 0.6 is 0 Å². The molecule has 1 aliphatic rings. The summed E-state index contributed by atoms with van der Waals surface area (Å²) in [6, 6.07) is 6.26. The molecule has 1 saturated heterocycles. The van der Waals surface area contributed by atoms with Gasteiger partial charge in [-0.1, -0.05) is 12.1 Å². The second-order valence-electron chi connectivity index (χ2n) is 5.60. The molecule has 1 aromatic carbocycles. The molecule has 1 aliphatic heterocycles. The number of amides is 1. The maximum atomic E-state index is 12.3. The first-order chi connectivity index (χ1) is 11.5. The van der Waals surface area contributed by atoms with E-state index in [-0.39, 0.29) is 11.7 Å². The Bertz CT molecular complexity index is 561. The summed E-state index contributed by atoms with van der Waals surface area (Å²) in [5, 5.41) is 3.81. The van der Waals surface area contributed by atoms with Crippen molar-refractivity contribution in [3.05, 3.63) is 29.8 Å². The number of hydrogen-bond donors (Lipinski definition) is 1. The molecule has 0 saturated carbocycles. The van der Waals surface area contributed by atoms with E-state index in [0.717, 1.165) is 26.2 Å². The van der Waals surface area contributed by atoms with Crippen LogP contribution in [0.25, 0.3) is 0 Å². The van der Waals surface area contributed by atoms with Crippen molar-refractivity contribution in [3.63, 3.8) is 0 Å². The van der Waals surface area contributed by atoms with Gasteiger partial charge in [-0.15, -0.1) is 0 Å². The van der Waals surface area contributed by atoms with E-state index in [1.807, 2.05) is 0 Å². The fourth-order valence-electron chi connectivity index (χ4n) is 2.35. The molecular formula is C16H22F2N4O2.